The number of benzene rings is 1. The number of hydrogen-bond donors (Lipinski definition) is 1. The second-order valence-electron chi connectivity index (χ2n) is 6.28. The smallest absolute Gasteiger partial charge is 0.274 e. The first-order valence-corrected chi connectivity index (χ1v) is 8.20. The lowest BCUT2D eigenvalue weighted by Crippen LogP contribution is -2.38. The van der Waals surface area contributed by atoms with Crippen LogP contribution >= 0.6 is 0 Å². The van der Waals surface area contributed by atoms with Crippen molar-refractivity contribution in [2.24, 2.45) is 5.92 Å². The zero-order valence-corrected chi connectivity index (χ0v) is 13.4. The van der Waals surface area contributed by atoms with Gasteiger partial charge in [0.25, 0.3) is 5.91 Å². The van der Waals surface area contributed by atoms with Crippen LogP contribution in [0, 0.1) is 5.92 Å². The number of aliphatic hydroxyl groups is 1. The van der Waals surface area contributed by atoms with Crippen molar-refractivity contribution in [1.82, 2.24) is 14.7 Å². The summed E-state index contributed by atoms with van der Waals surface area (Å²) in [5.74, 6) is 0.0753. The van der Waals surface area contributed by atoms with Gasteiger partial charge in [-0.15, -0.1) is 0 Å². The number of para-hydroxylation sites is 1. The molecule has 23 heavy (non-hydrogen) atoms. The normalized spacial score (nSPS) is 21.1. The minimum atomic E-state index is -0.291. The molecule has 1 fully saturated rings. The average Bonchev–Trinajstić information content (AvgIpc) is 3.07. The Labute approximate surface area is 136 Å². The minimum absolute atomic E-state index is 0.0996. The topological polar surface area (TPSA) is 58.4 Å². The van der Waals surface area contributed by atoms with Crippen molar-refractivity contribution >= 4 is 5.91 Å². The molecular weight excluding hydrogens is 290 g/mol. The summed E-state index contributed by atoms with van der Waals surface area (Å²) in [5, 5.41) is 14.4. The fourth-order valence-electron chi connectivity index (χ4n) is 3.19. The van der Waals surface area contributed by atoms with Gasteiger partial charge in [-0.25, -0.2) is 4.68 Å². The van der Waals surface area contributed by atoms with Crippen molar-refractivity contribution in [3.8, 4) is 5.69 Å². The zero-order chi connectivity index (χ0) is 16.2. The summed E-state index contributed by atoms with van der Waals surface area (Å²) in [6.07, 6.45) is 5.54. The molecule has 2 aromatic rings. The number of rotatable bonds is 4. The van der Waals surface area contributed by atoms with E-state index in [0.717, 1.165) is 31.4 Å². The molecule has 1 saturated carbocycles. The fraction of sp³-hybridized carbons (Fsp3) is 0.444. The molecule has 2 atom stereocenters. The number of carbonyl (C=O) groups is 1. The quantitative estimate of drug-likeness (QED) is 0.943. The predicted octanol–water partition coefficient (Wildman–Crippen LogP) is 2.50. The van der Waals surface area contributed by atoms with Gasteiger partial charge >= 0.3 is 0 Å². The third kappa shape index (κ3) is 3.62. The van der Waals surface area contributed by atoms with E-state index in [9.17, 15) is 9.90 Å². The van der Waals surface area contributed by atoms with Gasteiger partial charge in [0.1, 0.15) is 0 Å². The van der Waals surface area contributed by atoms with Gasteiger partial charge in [-0.3, -0.25) is 4.79 Å². The third-order valence-corrected chi connectivity index (χ3v) is 4.55. The van der Waals surface area contributed by atoms with Gasteiger partial charge in [0, 0.05) is 25.7 Å². The zero-order valence-electron chi connectivity index (χ0n) is 13.4. The van der Waals surface area contributed by atoms with Gasteiger partial charge in [0.2, 0.25) is 0 Å². The highest BCUT2D eigenvalue weighted by molar-refractivity contribution is 5.92. The van der Waals surface area contributed by atoms with Crippen LogP contribution in [-0.2, 0) is 0 Å². The molecule has 1 aliphatic rings. The third-order valence-electron chi connectivity index (χ3n) is 4.55. The van der Waals surface area contributed by atoms with E-state index < -0.39 is 0 Å². The molecule has 0 spiro atoms. The number of amides is 1. The van der Waals surface area contributed by atoms with Crippen LogP contribution in [0.15, 0.2) is 42.6 Å². The molecule has 5 nitrogen and oxygen atoms in total. The first-order valence-electron chi connectivity index (χ1n) is 8.20. The molecule has 0 bridgehead atoms. The van der Waals surface area contributed by atoms with E-state index in [4.69, 9.17) is 0 Å². The Morgan fingerprint density at radius 3 is 2.74 bits per heavy atom. The van der Waals surface area contributed by atoms with Crippen LogP contribution in [0.3, 0.4) is 0 Å². The maximum atomic E-state index is 12.5. The summed E-state index contributed by atoms with van der Waals surface area (Å²) in [6, 6.07) is 11.5. The number of hydrogen-bond acceptors (Lipinski definition) is 3. The van der Waals surface area contributed by atoms with Crippen LogP contribution in [-0.4, -0.2) is 45.4 Å². The van der Waals surface area contributed by atoms with Crippen molar-refractivity contribution < 1.29 is 9.90 Å². The Kier molecular flexibility index (Phi) is 4.76. The molecule has 1 N–H and O–H groups in total. The Morgan fingerprint density at radius 2 is 2.00 bits per heavy atom. The SMILES string of the molecule is CN(CC1CCCCC1O)C(=O)c1ccn(-c2ccccc2)n1. The van der Waals surface area contributed by atoms with E-state index in [1.54, 1.807) is 28.9 Å². The molecule has 0 aliphatic heterocycles. The van der Waals surface area contributed by atoms with E-state index >= 15 is 0 Å². The van der Waals surface area contributed by atoms with E-state index in [-0.39, 0.29) is 17.9 Å². The van der Waals surface area contributed by atoms with E-state index in [2.05, 4.69) is 5.10 Å². The van der Waals surface area contributed by atoms with Crippen molar-refractivity contribution in [1.29, 1.82) is 0 Å². The van der Waals surface area contributed by atoms with Crippen LogP contribution in [0.25, 0.3) is 5.69 Å². The highest BCUT2D eigenvalue weighted by Crippen LogP contribution is 2.25. The second kappa shape index (κ2) is 6.96. The lowest BCUT2D eigenvalue weighted by Gasteiger charge is -2.30. The maximum absolute atomic E-state index is 12.5. The standard InChI is InChI=1S/C18H23N3O2/c1-20(13-14-7-5-6-10-17(14)22)18(23)16-11-12-21(19-16)15-8-3-2-4-9-15/h2-4,8-9,11-12,14,17,22H,5-7,10,13H2,1H3. The molecule has 3 rings (SSSR count). The Bertz CT molecular complexity index is 653. The number of aromatic nitrogens is 2. The Balaban J connectivity index is 1.67. The van der Waals surface area contributed by atoms with E-state index in [1.165, 1.54) is 0 Å². The van der Waals surface area contributed by atoms with Gasteiger partial charge in [-0.05, 0) is 31.0 Å². The van der Waals surface area contributed by atoms with Gasteiger partial charge in [0.15, 0.2) is 5.69 Å². The molecule has 5 heteroatoms. The molecule has 2 unspecified atom stereocenters. The highest BCUT2D eigenvalue weighted by Gasteiger charge is 2.26. The van der Waals surface area contributed by atoms with Gasteiger partial charge < -0.3 is 10.0 Å². The number of aliphatic hydroxyl groups excluding tert-OH is 1. The molecule has 1 heterocycles. The first-order chi connectivity index (χ1) is 11.1. The minimum Gasteiger partial charge on any atom is -0.393 e. The first kappa shape index (κ1) is 15.7. The Morgan fingerprint density at radius 1 is 1.26 bits per heavy atom. The van der Waals surface area contributed by atoms with Crippen LogP contribution < -0.4 is 0 Å². The molecule has 122 valence electrons. The monoisotopic (exact) mass is 313 g/mol. The molecule has 0 radical (unpaired) electrons. The van der Waals surface area contributed by atoms with Crippen LogP contribution in [0.5, 0.6) is 0 Å². The molecule has 1 amide bonds. The van der Waals surface area contributed by atoms with Crippen molar-refractivity contribution in [3.05, 3.63) is 48.3 Å². The highest BCUT2D eigenvalue weighted by atomic mass is 16.3. The van der Waals surface area contributed by atoms with Crippen molar-refractivity contribution in [3.63, 3.8) is 0 Å². The van der Waals surface area contributed by atoms with E-state index in [1.807, 2.05) is 30.3 Å². The summed E-state index contributed by atoms with van der Waals surface area (Å²) in [7, 11) is 1.78. The van der Waals surface area contributed by atoms with Crippen molar-refractivity contribution in [2.45, 2.75) is 31.8 Å². The largest absolute Gasteiger partial charge is 0.393 e. The van der Waals surface area contributed by atoms with Crippen LogP contribution in [0.4, 0.5) is 0 Å². The average molecular weight is 313 g/mol. The molecule has 1 aromatic heterocycles. The van der Waals surface area contributed by atoms with Gasteiger partial charge in [-0.1, -0.05) is 31.0 Å². The Hall–Kier alpha value is -2.14. The molecule has 1 aliphatic carbocycles. The fourth-order valence-corrected chi connectivity index (χ4v) is 3.19. The summed E-state index contributed by atoms with van der Waals surface area (Å²) in [6.45, 7) is 0.582. The summed E-state index contributed by atoms with van der Waals surface area (Å²) < 4.78 is 1.70. The number of carbonyl (C=O) groups excluding carboxylic acids is 1. The van der Waals surface area contributed by atoms with E-state index in [0.29, 0.717) is 12.2 Å². The van der Waals surface area contributed by atoms with Crippen LogP contribution in [0.2, 0.25) is 0 Å². The predicted molar refractivity (Wildman–Crippen MR) is 88.5 cm³/mol. The lowest BCUT2D eigenvalue weighted by atomic mass is 9.86. The van der Waals surface area contributed by atoms with Gasteiger partial charge in [-0.2, -0.15) is 5.10 Å². The van der Waals surface area contributed by atoms with Crippen molar-refractivity contribution in [2.75, 3.05) is 13.6 Å². The van der Waals surface area contributed by atoms with Gasteiger partial charge in [0.05, 0.1) is 11.8 Å². The second-order valence-corrected chi connectivity index (χ2v) is 6.28. The summed E-state index contributed by atoms with van der Waals surface area (Å²) in [4.78, 5) is 14.2. The molecular formula is C18H23N3O2. The van der Waals surface area contributed by atoms with Crippen LogP contribution in [0.1, 0.15) is 36.2 Å². The summed E-state index contributed by atoms with van der Waals surface area (Å²) >= 11 is 0. The molecule has 0 saturated heterocycles. The summed E-state index contributed by atoms with van der Waals surface area (Å²) in [5.41, 5.74) is 1.36. The molecule has 1 aromatic carbocycles. The maximum Gasteiger partial charge on any atom is 0.274 e. The lowest BCUT2D eigenvalue weighted by molar-refractivity contribution is 0.0448. The number of nitrogens with zero attached hydrogens (tertiary/aromatic N) is 3.